The topological polar surface area (TPSA) is 40.6 Å². The van der Waals surface area contributed by atoms with E-state index in [0.717, 1.165) is 6.54 Å². The molecule has 0 aliphatic heterocycles. The highest BCUT2D eigenvalue weighted by molar-refractivity contribution is 5.82. The van der Waals surface area contributed by atoms with E-state index in [0.29, 0.717) is 19.5 Å². The van der Waals surface area contributed by atoms with Crippen LogP contribution in [-0.4, -0.2) is 55.2 Å². The Bertz CT molecular complexity index is 202. The summed E-state index contributed by atoms with van der Waals surface area (Å²) >= 11 is 0. The van der Waals surface area contributed by atoms with Crippen LogP contribution in [0.1, 0.15) is 20.3 Å². The van der Waals surface area contributed by atoms with Gasteiger partial charge in [-0.05, 0) is 6.54 Å². The van der Waals surface area contributed by atoms with Gasteiger partial charge in [-0.2, -0.15) is 0 Å². The van der Waals surface area contributed by atoms with E-state index in [-0.39, 0.29) is 11.7 Å². The highest BCUT2D eigenvalue weighted by Gasteiger charge is 2.12. The number of nitrogens with zero attached hydrogens (tertiary/aromatic N) is 2. The Morgan fingerprint density at radius 2 is 1.64 bits per heavy atom. The van der Waals surface area contributed by atoms with Gasteiger partial charge < -0.3 is 4.90 Å². The lowest BCUT2D eigenvalue weighted by atomic mass is 10.3. The molecular formula is C10H20N2O2. The maximum Gasteiger partial charge on any atom is 0.236 e. The molecule has 0 saturated carbocycles. The van der Waals surface area contributed by atoms with E-state index >= 15 is 0 Å². The van der Waals surface area contributed by atoms with E-state index in [1.54, 1.807) is 19.0 Å². The van der Waals surface area contributed by atoms with Crippen molar-refractivity contribution >= 4 is 11.7 Å². The lowest BCUT2D eigenvalue weighted by molar-refractivity contribution is -0.130. The van der Waals surface area contributed by atoms with E-state index in [4.69, 9.17) is 0 Å². The van der Waals surface area contributed by atoms with Crippen molar-refractivity contribution in [3.8, 4) is 0 Å². The number of ketones is 1. The maximum atomic E-state index is 11.4. The fourth-order valence-electron chi connectivity index (χ4n) is 0.973. The molecule has 0 radical (unpaired) electrons. The number of Topliss-reactive ketones (excluding diaryl/α,β-unsaturated/α-hetero) is 1. The van der Waals surface area contributed by atoms with Crippen molar-refractivity contribution in [2.75, 3.05) is 33.7 Å². The van der Waals surface area contributed by atoms with Crippen LogP contribution in [0.5, 0.6) is 0 Å². The van der Waals surface area contributed by atoms with Gasteiger partial charge in [-0.25, -0.2) is 0 Å². The van der Waals surface area contributed by atoms with Crippen molar-refractivity contribution in [3.05, 3.63) is 0 Å². The third-order valence-corrected chi connectivity index (χ3v) is 2.10. The molecule has 0 aliphatic carbocycles. The number of carbonyl (C=O) groups excluding carboxylic acids is 2. The molecule has 4 heteroatoms. The molecule has 14 heavy (non-hydrogen) atoms. The predicted octanol–water partition coefficient (Wildman–Crippen LogP) is 0.376. The number of likely N-dealkylation sites (N-methyl/N-ethyl adjacent to an activating group) is 2. The molecule has 82 valence electrons. The van der Waals surface area contributed by atoms with Gasteiger partial charge in [-0.15, -0.1) is 0 Å². The van der Waals surface area contributed by atoms with Gasteiger partial charge in [0.2, 0.25) is 5.91 Å². The van der Waals surface area contributed by atoms with Crippen molar-refractivity contribution in [2.24, 2.45) is 0 Å². The van der Waals surface area contributed by atoms with Crippen molar-refractivity contribution in [2.45, 2.75) is 20.3 Å². The maximum absolute atomic E-state index is 11.4. The SMILES string of the molecule is CCC(=O)CN(CC)CC(=O)N(C)C. The van der Waals surface area contributed by atoms with E-state index in [1.165, 1.54) is 0 Å². The van der Waals surface area contributed by atoms with E-state index in [2.05, 4.69) is 0 Å². The Morgan fingerprint density at radius 3 is 2.00 bits per heavy atom. The van der Waals surface area contributed by atoms with Crippen molar-refractivity contribution in [1.29, 1.82) is 0 Å². The average molecular weight is 200 g/mol. The van der Waals surface area contributed by atoms with Gasteiger partial charge in [0, 0.05) is 20.5 Å². The lowest BCUT2D eigenvalue weighted by Crippen LogP contribution is -2.39. The Hall–Kier alpha value is -0.900. The van der Waals surface area contributed by atoms with Crippen LogP contribution < -0.4 is 0 Å². The highest BCUT2D eigenvalue weighted by Crippen LogP contribution is 1.93. The van der Waals surface area contributed by atoms with Gasteiger partial charge in [-0.1, -0.05) is 13.8 Å². The second-order valence-corrected chi connectivity index (χ2v) is 3.48. The Balaban J connectivity index is 4.03. The number of rotatable bonds is 6. The molecule has 0 saturated heterocycles. The summed E-state index contributed by atoms with van der Waals surface area (Å²) in [5, 5.41) is 0. The average Bonchev–Trinajstić information content (AvgIpc) is 2.16. The summed E-state index contributed by atoms with van der Waals surface area (Å²) in [7, 11) is 3.44. The summed E-state index contributed by atoms with van der Waals surface area (Å²) in [5.74, 6) is 0.217. The molecule has 1 amide bonds. The second-order valence-electron chi connectivity index (χ2n) is 3.48. The van der Waals surface area contributed by atoms with E-state index in [1.807, 2.05) is 18.7 Å². The van der Waals surface area contributed by atoms with Crippen LogP contribution in [0.25, 0.3) is 0 Å². The van der Waals surface area contributed by atoms with Crippen LogP contribution in [0.4, 0.5) is 0 Å². The first-order chi connectivity index (χ1) is 6.51. The number of amides is 1. The lowest BCUT2D eigenvalue weighted by Gasteiger charge is -2.20. The molecule has 0 N–H and O–H groups in total. The predicted molar refractivity (Wildman–Crippen MR) is 56.1 cm³/mol. The van der Waals surface area contributed by atoms with Crippen LogP contribution in [-0.2, 0) is 9.59 Å². The zero-order valence-electron chi connectivity index (χ0n) is 9.54. The minimum atomic E-state index is 0.0377. The first-order valence-corrected chi connectivity index (χ1v) is 4.95. The fourth-order valence-corrected chi connectivity index (χ4v) is 0.973. The van der Waals surface area contributed by atoms with Crippen LogP contribution in [0, 0.1) is 0 Å². The molecule has 0 aromatic heterocycles. The first-order valence-electron chi connectivity index (χ1n) is 4.95. The summed E-state index contributed by atoms with van der Waals surface area (Å²) in [6.45, 7) is 5.23. The smallest absolute Gasteiger partial charge is 0.236 e. The molecule has 0 aromatic carbocycles. The van der Waals surface area contributed by atoms with Gasteiger partial charge in [0.25, 0.3) is 0 Å². The summed E-state index contributed by atoms with van der Waals surface area (Å²) in [6.07, 6.45) is 0.534. The molecule has 0 aromatic rings. The van der Waals surface area contributed by atoms with Crippen molar-refractivity contribution in [1.82, 2.24) is 9.80 Å². The normalized spacial score (nSPS) is 10.4. The third-order valence-electron chi connectivity index (χ3n) is 2.10. The molecular weight excluding hydrogens is 180 g/mol. The molecule has 4 nitrogen and oxygen atoms in total. The number of hydrogen-bond donors (Lipinski definition) is 0. The summed E-state index contributed by atoms with van der Waals surface area (Å²) < 4.78 is 0. The fraction of sp³-hybridized carbons (Fsp3) is 0.800. The summed E-state index contributed by atoms with van der Waals surface area (Å²) in [5.41, 5.74) is 0. The van der Waals surface area contributed by atoms with Crippen LogP contribution >= 0.6 is 0 Å². The van der Waals surface area contributed by atoms with E-state index < -0.39 is 0 Å². The number of carbonyl (C=O) groups is 2. The molecule has 0 spiro atoms. The second kappa shape index (κ2) is 6.54. The minimum Gasteiger partial charge on any atom is -0.348 e. The Morgan fingerprint density at radius 1 is 1.07 bits per heavy atom. The zero-order valence-corrected chi connectivity index (χ0v) is 9.54. The Kier molecular flexibility index (Phi) is 6.12. The van der Waals surface area contributed by atoms with Crippen LogP contribution in [0.2, 0.25) is 0 Å². The molecule has 0 heterocycles. The highest BCUT2D eigenvalue weighted by atomic mass is 16.2. The largest absolute Gasteiger partial charge is 0.348 e. The summed E-state index contributed by atoms with van der Waals surface area (Å²) in [4.78, 5) is 25.9. The molecule has 0 aliphatic rings. The van der Waals surface area contributed by atoms with Gasteiger partial charge in [-0.3, -0.25) is 14.5 Å². The van der Waals surface area contributed by atoms with Crippen molar-refractivity contribution in [3.63, 3.8) is 0 Å². The molecule has 0 atom stereocenters. The van der Waals surface area contributed by atoms with Gasteiger partial charge in [0.05, 0.1) is 13.1 Å². The number of hydrogen-bond acceptors (Lipinski definition) is 3. The van der Waals surface area contributed by atoms with Crippen molar-refractivity contribution < 1.29 is 9.59 Å². The zero-order chi connectivity index (χ0) is 11.1. The Labute approximate surface area is 85.9 Å². The molecule has 0 rings (SSSR count). The monoisotopic (exact) mass is 200 g/mol. The van der Waals surface area contributed by atoms with Gasteiger partial charge >= 0.3 is 0 Å². The van der Waals surface area contributed by atoms with Gasteiger partial charge in [0.1, 0.15) is 5.78 Å². The van der Waals surface area contributed by atoms with Gasteiger partial charge in [0.15, 0.2) is 0 Å². The van der Waals surface area contributed by atoms with Crippen LogP contribution in [0.15, 0.2) is 0 Å². The van der Waals surface area contributed by atoms with Crippen LogP contribution in [0.3, 0.4) is 0 Å². The molecule has 0 bridgehead atoms. The molecule has 0 unspecified atom stereocenters. The first kappa shape index (κ1) is 13.1. The summed E-state index contributed by atoms with van der Waals surface area (Å²) in [6, 6.07) is 0. The van der Waals surface area contributed by atoms with E-state index in [9.17, 15) is 9.59 Å². The third kappa shape index (κ3) is 4.97. The standard InChI is InChI=1S/C10H20N2O2/c1-5-9(13)7-12(6-2)8-10(14)11(3)4/h5-8H2,1-4H3. The quantitative estimate of drug-likeness (QED) is 0.622. The molecule has 0 fully saturated rings. The minimum absolute atomic E-state index is 0.0377.